The lowest BCUT2D eigenvalue weighted by Gasteiger charge is -2.03. The van der Waals surface area contributed by atoms with E-state index in [9.17, 15) is 9.18 Å². The fourth-order valence-corrected chi connectivity index (χ4v) is 2.49. The highest BCUT2D eigenvalue weighted by molar-refractivity contribution is 9.10. The van der Waals surface area contributed by atoms with E-state index in [1.165, 1.54) is 0 Å². The Labute approximate surface area is 135 Å². The van der Waals surface area contributed by atoms with Crippen LogP contribution in [0.5, 0.6) is 0 Å². The molecule has 5 heteroatoms. The summed E-state index contributed by atoms with van der Waals surface area (Å²) < 4.78 is 14.7. The number of benzene rings is 2. The van der Waals surface area contributed by atoms with E-state index in [2.05, 4.69) is 21.2 Å². The van der Waals surface area contributed by atoms with Crippen molar-refractivity contribution in [2.45, 2.75) is 11.8 Å². The van der Waals surface area contributed by atoms with Crippen LogP contribution in [-0.4, -0.2) is 5.91 Å². The van der Waals surface area contributed by atoms with Crippen molar-refractivity contribution in [2.24, 2.45) is 0 Å². The number of carbonyl (C=O) groups is 1. The monoisotopic (exact) mass is 365 g/mol. The van der Waals surface area contributed by atoms with Gasteiger partial charge < -0.3 is 5.32 Å². The lowest BCUT2D eigenvalue weighted by Crippen LogP contribution is -2.07. The van der Waals surface area contributed by atoms with Crippen LogP contribution in [0, 0.1) is 6.92 Å². The minimum atomic E-state index is -0.548. The Hall–Kier alpha value is -1.59. The van der Waals surface area contributed by atoms with E-state index in [1.807, 2.05) is 31.2 Å². The molecule has 2 aromatic carbocycles. The number of aryl methyl sites for hydroxylation is 1. The first-order chi connectivity index (χ1) is 10.0. The van der Waals surface area contributed by atoms with Crippen LogP contribution in [0.15, 0.2) is 69.1 Å². The van der Waals surface area contributed by atoms with Crippen LogP contribution in [-0.2, 0) is 4.79 Å². The molecule has 0 aliphatic carbocycles. The number of hydrogen-bond donors (Lipinski definition) is 1. The van der Waals surface area contributed by atoms with Gasteiger partial charge in [0, 0.05) is 21.1 Å². The summed E-state index contributed by atoms with van der Waals surface area (Å²) in [5, 5.41) is 2.06. The zero-order valence-corrected chi connectivity index (χ0v) is 13.7. The second-order valence-electron chi connectivity index (χ2n) is 4.36. The number of halogens is 2. The maximum atomic E-state index is 13.8. The van der Waals surface area contributed by atoms with Gasteiger partial charge in [-0.1, -0.05) is 45.4 Å². The fourth-order valence-electron chi connectivity index (χ4n) is 1.56. The summed E-state index contributed by atoms with van der Waals surface area (Å²) in [5.41, 5.74) is 1.73. The van der Waals surface area contributed by atoms with E-state index >= 15 is 0 Å². The van der Waals surface area contributed by atoms with Crippen LogP contribution in [0.2, 0.25) is 0 Å². The summed E-state index contributed by atoms with van der Waals surface area (Å²) in [6, 6.07) is 14.5. The number of amides is 1. The minimum Gasteiger partial charge on any atom is -0.322 e. The molecule has 0 radical (unpaired) electrons. The summed E-state index contributed by atoms with van der Waals surface area (Å²) in [5.74, 6) is -0.491. The van der Waals surface area contributed by atoms with Crippen molar-refractivity contribution in [3.05, 3.63) is 69.8 Å². The zero-order chi connectivity index (χ0) is 15.2. The molecule has 0 bridgehead atoms. The Bertz CT molecular complexity index is 653. The number of rotatable bonds is 4. The van der Waals surface area contributed by atoms with E-state index in [1.54, 1.807) is 24.3 Å². The van der Waals surface area contributed by atoms with Crippen LogP contribution in [0.4, 0.5) is 10.1 Å². The highest BCUT2D eigenvalue weighted by Gasteiger charge is 2.04. The van der Waals surface area contributed by atoms with Gasteiger partial charge in [0.05, 0.1) is 0 Å². The smallest absolute Gasteiger partial charge is 0.251 e. The zero-order valence-electron chi connectivity index (χ0n) is 11.3. The van der Waals surface area contributed by atoms with E-state index in [0.717, 1.165) is 32.8 Å². The van der Waals surface area contributed by atoms with Gasteiger partial charge in [0.25, 0.3) is 5.91 Å². The number of thioether (sulfide) groups is 1. The standard InChI is InChI=1S/C16H13BrFNOS/c1-11-2-8-14(9-3-11)21-15(18)10-16(20)19-13-6-4-12(17)5-7-13/h2-10H,1H3,(H,19,20). The Morgan fingerprint density at radius 3 is 2.38 bits per heavy atom. The van der Waals surface area contributed by atoms with Gasteiger partial charge in [0.2, 0.25) is 0 Å². The first-order valence-electron chi connectivity index (χ1n) is 6.21. The lowest BCUT2D eigenvalue weighted by atomic mass is 10.2. The number of hydrogen-bond acceptors (Lipinski definition) is 2. The molecule has 0 saturated carbocycles. The van der Waals surface area contributed by atoms with Crippen molar-refractivity contribution >= 4 is 39.3 Å². The van der Waals surface area contributed by atoms with Gasteiger partial charge in [0.15, 0.2) is 5.16 Å². The molecule has 2 nitrogen and oxygen atoms in total. The molecule has 0 aliphatic rings. The lowest BCUT2D eigenvalue weighted by molar-refractivity contribution is -0.112. The number of carbonyl (C=O) groups excluding carboxylic acids is 1. The Balaban J connectivity index is 1.96. The average Bonchev–Trinajstić information content (AvgIpc) is 2.44. The highest BCUT2D eigenvalue weighted by atomic mass is 79.9. The first-order valence-corrected chi connectivity index (χ1v) is 7.82. The maximum absolute atomic E-state index is 13.8. The van der Waals surface area contributed by atoms with Crippen molar-refractivity contribution in [1.82, 2.24) is 0 Å². The Morgan fingerprint density at radius 1 is 1.14 bits per heavy atom. The van der Waals surface area contributed by atoms with Crippen LogP contribution < -0.4 is 5.32 Å². The largest absolute Gasteiger partial charge is 0.322 e. The molecule has 1 amide bonds. The molecule has 0 aliphatic heterocycles. The van der Waals surface area contributed by atoms with Crippen molar-refractivity contribution < 1.29 is 9.18 Å². The summed E-state index contributed by atoms with van der Waals surface area (Å²) in [6.07, 6.45) is 0.951. The van der Waals surface area contributed by atoms with Gasteiger partial charge in [-0.2, -0.15) is 4.39 Å². The maximum Gasteiger partial charge on any atom is 0.251 e. The molecule has 0 heterocycles. The van der Waals surface area contributed by atoms with E-state index in [0.29, 0.717) is 5.69 Å². The molecule has 0 spiro atoms. The summed E-state index contributed by atoms with van der Waals surface area (Å²) >= 11 is 4.23. The van der Waals surface area contributed by atoms with Gasteiger partial charge in [-0.25, -0.2) is 0 Å². The van der Waals surface area contributed by atoms with Crippen LogP contribution in [0.25, 0.3) is 0 Å². The molecule has 0 saturated heterocycles. The van der Waals surface area contributed by atoms with Gasteiger partial charge in [-0.05, 0) is 43.3 Å². The third-order valence-corrected chi connectivity index (χ3v) is 3.94. The third-order valence-electron chi connectivity index (χ3n) is 2.59. The van der Waals surface area contributed by atoms with Crippen molar-refractivity contribution in [2.75, 3.05) is 5.32 Å². The van der Waals surface area contributed by atoms with Gasteiger partial charge >= 0.3 is 0 Å². The summed E-state index contributed by atoms with van der Waals surface area (Å²) in [4.78, 5) is 12.5. The molecule has 2 rings (SSSR count). The van der Waals surface area contributed by atoms with Crippen LogP contribution in [0.1, 0.15) is 5.56 Å². The first kappa shape index (κ1) is 15.8. The van der Waals surface area contributed by atoms with Gasteiger partial charge in [-0.15, -0.1) is 0 Å². The molecule has 2 aromatic rings. The molecule has 0 unspecified atom stereocenters. The predicted molar refractivity (Wildman–Crippen MR) is 89.0 cm³/mol. The normalized spacial score (nSPS) is 11.3. The fraction of sp³-hybridized carbons (Fsp3) is 0.0625. The SMILES string of the molecule is Cc1ccc(SC(F)=CC(=O)Nc2ccc(Br)cc2)cc1. The van der Waals surface area contributed by atoms with Crippen molar-refractivity contribution in [3.8, 4) is 0 Å². The second kappa shape index (κ2) is 7.43. The number of nitrogens with one attached hydrogen (secondary N) is 1. The van der Waals surface area contributed by atoms with E-state index in [4.69, 9.17) is 0 Å². The van der Waals surface area contributed by atoms with E-state index < -0.39 is 11.1 Å². The topological polar surface area (TPSA) is 29.1 Å². The number of anilines is 1. The minimum absolute atomic E-state index is 0.491. The van der Waals surface area contributed by atoms with Crippen LogP contribution >= 0.6 is 27.7 Å². The molecule has 108 valence electrons. The molecule has 0 aromatic heterocycles. The quantitative estimate of drug-likeness (QED) is 0.588. The Kier molecular flexibility index (Phi) is 5.59. The molecular formula is C16H13BrFNOS. The average molecular weight is 366 g/mol. The van der Waals surface area contributed by atoms with Crippen molar-refractivity contribution in [1.29, 1.82) is 0 Å². The summed E-state index contributed by atoms with van der Waals surface area (Å²) in [6.45, 7) is 1.96. The molecule has 0 atom stereocenters. The molecule has 1 N–H and O–H groups in total. The Morgan fingerprint density at radius 2 is 1.76 bits per heavy atom. The van der Waals surface area contributed by atoms with Gasteiger partial charge in [-0.3, -0.25) is 4.79 Å². The van der Waals surface area contributed by atoms with Crippen LogP contribution in [0.3, 0.4) is 0 Å². The molecule has 21 heavy (non-hydrogen) atoms. The third kappa shape index (κ3) is 5.36. The van der Waals surface area contributed by atoms with Crippen molar-refractivity contribution in [3.63, 3.8) is 0 Å². The second-order valence-corrected chi connectivity index (χ2v) is 6.34. The highest BCUT2D eigenvalue weighted by Crippen LogP contribution is 2.27. The molecular weight excluding hydrogens is 353 g/mol. The summed E-state index contributed by atoms with van der Waals surface area (Å²) in [7, 11) is 0. The predicted octanol–water partition coefficient (Wildman–Crippen LogP) is 5.30. The molecule has 0 fully saturated rings. The van der Waals surface area contributed by atoms with E-state index in [-0.39, 0.29) is 0 Å². The van der Waals surface area contributed by atoms with Gasteiger partial charge in [0.1, 0.15) is 0 Å².